The fraction of sp³-hybridized carbons (Fsp3) is 0.211. The number of hydrogen-bond donors (Lipinski definition) is 2. The van der Waals surface area contributed by atoms with Crippen molar-refractivity contribution in [2.24, 2.45) is 11.8 Å². The van der Waals surface area contributed by atoms with Gasteiger partial charge in [0.2, 0.25) is 11.8 Å². The minimum Gasteiger partial charge on any atom is -0.495 e. The largest absolute Gasteiger partial charge is 0.495 e. The van der Waals surface area contributed by atoms with E-state index in [4.69, 9.17) is 10.00 Å². The fourth-order valence-corrected chi connectivity index (χ4v) is 2.66. The first-order valence-electron chi connectivity index (χ1n) is 7.88. The van der Waals surface area contributed by atoms with E-state index in [1.165, 1.54) is 7.11 Å². The van der Waals surface area contributed by atoms with Crippen molar-refractivity contribution in [2.75, 3.05) is 17.7 Å². The van der Waals surface area contributed by atoms with Crippen molar-refractivity contribution in [1.82, 2.24) is 0 Å². The van der Waals surface area contributed by atoms with Crippen LogP contribution in [0.25, 0.3) is 0 Å². The van der Waals surface area contributed by atoms with Crippen LogP contribution in [-0.4, -0.2) is 18.9 Å². The van der Waals surface area contributed by atoms with E-state index in [1.54, 1.807) is 42.5 Å². The zero-order valence-electron chi connectivity index (χ0n) is 13.7. The molecule has 0 aromatic heterocycles. The first kappa shape index (κ1) is 16.5. The average molecular weight is 335 g/mol. The van der Waals surface area contributed by atoms with Crippen LogP contribution >= 0.6 is 0 Å². The summed E-state index contributed by atoms with van der Waals surface area (Å²) >= 11 is 0. The molecule has 3 rings (SSSR count). The summed E-state index contributed by atoms with van der Waals surface area (Å²) in [5.41, 5.74) is 1.44. The van der Waals surface area contributed by atoms with Gasteiger partial charge >= 0.3 is 0 Å². The minimum atomic E-state index is -0.388. The van der Waals surface area contributed by atoms with Crippen molar-refractivity contribution in [3.8, 4) is 11.8 Å². The van der Waals surface area contributed by atoms with Crippen LogP contribution in [0.4, 0.5) is 11.4 Å². The van der Waals surface area contributed by atoms with Gasteiger partial charge in [0, 0.05) is 0 Å². The quantitative estimate of drug-likeness (QED) is 0.879. The molecule has 0 heterocycles. The van der Waals surface area contributed by atoms with E-state index in [-0.39, 0.29) is 23.7 Å². The molecule has 2 amide bonds. The molecule has 0 aliphatic heterocycles. The van der Waals surface area contributed by atoms with Crippen LogP contribution in [0, 0.1) is 23.2 Å². The Balaban J connectivity index is 1.61. The number of benzene rings is 2. The topological polar surface area (TPSA) is 91.2 Å². The summed E-state index contributed by atoms with van der Waals surface area (Å²) in [4.78, 5) is 24.6. The van der Waals surface area contributed by atoms with Gasteiger partial charge in [-0.15, -0.1) is 0 Å². The molecule has 2 unspecified atom stereocenters. The van der Waals surface area contributed by atoms with Crippen LogP contribution in [0.3, 0.4) is 0 Å². The Labute approximate surface area is 145 Å². The molecule has 126 valence electrons. The molecule has 6 heteroatoms. The number of hydrogen-bond acceptors (Lipinski definition) is 4. The Morgan fingerprint density at radius 3 is 2.20 bits per heavy atom. The Kier molecular flexibility index (Phi) is 4.66. The lowest BCUT2D eigenvalue weighted by atomic mass is 10.2. The van der Waals surface area contributed by atoms with Crippen LogP contribution in [0.2, 0.25) is 0 Å². The van der Waals surface area contributed by atoms with Gasteiger partial charge in [0.15, 0.2) is 0 Å². The highest BCUT2D eigenvalue weighted by Crippen LogP contribution is 2.41. The predicted octanol–water partition coefficient (Wildman–Crippen LogP) is 2.78. The van der Waals surface area contributed by atoms with Crippen LogP contribution < -0.4 is 15.4 Å². The molecule has 0 bridgehead atoms. The van der Waals surface area contributed by atoms with Gasteiger partial charge in [0.25, 0.3) is 0 Å². The summed E-state index contributed by atoms with van der Waals surface area (Å²) in [6.45, 7) is 0. The number of rotatable bonds is 5. The molecule has 0 radical (unpaired) electrons. The summed E-state index contributed by atoms with van der Waals surface area (Å²) in [6, 6.07) is 15.9. The van der Waals surface area contributed by atoms with E-state index < -0.39 is 0 Å². The number of ether oxygens (including phenoxy) is 1. The van der Waals surface area contributed by atoms with Gasteiger partial charge in [0.05, 0.1) is 35.9 Å². The average Bonchev–Trinajstić information content (AvgIpc) is 3.43. The highest BCUT2D eigenvalue weighted by atomic mass is 16.5. The molecule has 1 saturated carbocycles. The molecule has 1 aliphatic carbocycles. The molecule has 6 nitrogen and oxygen atoms in total. The van der Waals surface area contributed by atoms with Crippen LogP contribution in [0.15, 0.2) is 48.5 Å². The van der Waals surface area contributed by atoms with E-state index in [2.05, 4.69) is 10.6 Å². The number of methoxy groups -OCH3 is 1. The van der Waals surface area contributed by atoms with Crippen LogP contribution in [0.1, 0.15) is 12.0 Å². The number of carbonyl (C=O) groups excluding carboxylic acids is 2. The predicted molar refractivity (Wildman–Crippen MR) is 93.0 cm³/mol. The lowest BCUT2D eigenvalue weighted by Crippen LogP contribution is -2.21. The van der Waals surface area contributed by atoms with Gasteiger partial charge in [-0.1, -0.05) is 24.3 Å². The summed E-state index contributed by atoms with van der Waals surface area (Å²) in [6.07, 6.45) is 0.488. The standard InChI is InChI=1S/C19H17N3O3/c1-25-17-9-5-4-8-16(17)22-19(24)14-10-13(14)18(23)21-15-7-3-2-6-12(15)11-20/h2-9,13-14H,10H2,1H3,(H,21,23)(H,22,24). The molecule has 0 saturated heterocycles. The van der Waals surface area contributed by atoms with E-state index in [0.29, 0.717) is 29.1 Å². The Morgan fingerprint density at radius 1 is 1.00 bits per heavy atom. The van der Waals surface area contributed by atoms with Crippen molar-refractivity contribution in [1.29, 1.82) is 5.26 Å². The SMILES string of the molecule is COc1ccccc1NC(=O)C1CC1C(=O)Nc1ccccc1C#N. The Bertz CT molecular complexity index is 857. The minimum absolute atomic E-state index is 0.210. The smallest absolute Gasteiger partial charge is 0.228 e. The normalized spacial score (nSPS) is 17.9. The monoisotopic (exact) mass is 335 g/mol. The number of amides is 2. The number of nitrogens with one attached hydrogen (secondary N) is 2. The molecule has 2 atom stereocenters. The number of nitriles is 1. The molecule has 2 aromatic rings. The second kappa shape index (κ2) is 7.05. The van der Waals surface area contributed by atoms with E-state index >= 15 is 0 Å². The molecular weight excluding hydrogens is 318 g/mol. The fourth-order valence-electron chi connectivity index (χ4n) is 2.66. The maximum atomic E-state index is 12.3. The van der Waals surface area contributed by atoms with Crippen molar-refractivity contribution >= 4 is 23.2 Å². The molecule has 25 heavy (non-hydrogen) atoms. The van der Waals surface area contributed by atoms with Crippen molar-refractivity contribution < 1.29 is 14.3 Å². The van der Waals surface area contributed by atoms with Gasteiger partial charge < -0.3 is 15.4 Å². The van der Waals surface area contributed by atoms with Crippen molar-refractivity contribution in [2.45, 2.75) is 6.42 Å². The third kappa shape index (κ3) is 3.61. The molecule has 1 fully saturated rings. The van der Waals surface area contributed by atoms with E-state index in [1.807, 2.05) is 12.1 Å². The summed E-state index contributed by atoms with van der Waals surface area (Å²) in [5.74, 6) is -0.651. The van der Waals surface area contributed by atoms with Crippen molar-refractivity contribution in [3.63, 3.8) is 0 Å². The number of para-hydroxylation sites is 3. The zero-order valence-corrected chi connectivity index (χ0v) is 13.7. The maximum absolute atomic E-state index is 12.3. The van der Waals surface area contributed by atoms with Crippen LogP contribution in [0.5, 0.6) is 5.75 Å². The van der Waals surface area contributed by atoms with Crippen molar-refractivity contribution in [3.05, 3.63) is 54.1 Å². The summed E-state index contributed by atoms with van der Waals surface area (Å²) in [5, 5.41) is 14.6. The van der Waals surface area contributed by atoms with Gasteiger partial charge in [-0.05, 0) is 30.7 Å². The molecule has 2 N–H and O–H groups in total. The first-order valence-corrected chi connectivity index (χ1v) is 7.88. The van der Waals surface area contributed by atoms with Gasteiger partial charge in [-0.2, -0.15) is 5.26 Å². The van der Waals surface area contributed by atoms with Gasteiger partial charge in [-0.25, -0.2) is 0 Å². The summed E-state index contributed by atoms with van der Waals surface area (Å²) < 4.78 is 5.20. The van der Waals surface area contributed by atoms with Gasteiger partial charge in [-0.3, -0.25) is 9.59 Å². The van der Waals surface area contributed by atoms with Crippen LogP contribution in [-0.2, 0) is 9.59 Å². The lowest BCUT2D eigenvalue weighted by Gasteiger charge is -2.10. The third-order valence-electron chi connectivity index (χ3n) is 4.13. The van der Waals surface area contributed by atoms with E-state index in [9.17, 15) is 9.59 Å². The third-order valence-corrected chi connectivity index (χ3v) is 4.13. The molecule has 1 aliphatic rings. The lowest BCUT2D eigenvalue weighted by molar-refractivity contribution is -0.122. The zero-order chi connectivity index (χ0) is 17.8. The second-order valence-corrected chi connectivity index (χ2v) is 5.78. The Morgan fingerprint density at radius 2 is 1.56 bits per heavy atom. The van der Waals surface area contributed by atoms with E-state index in [0.717, 1.165) is 0 Å². The highest BCUT2D eigenvalue weighted by Gasteiger charge is 2.48. The number of anilines is 2. The Hall–Kier alpha value is -3.33. The highest BCUT2D eigenvalue weighted by molar-refractivity contribution is 6.04. The first-order chi connectivity index (χ1) is 12.1. The second-order valence-electron chi connectivity index (χ2n) is 5.78. The molecular formula is C19H17N3O3. The van der Waals surface area contributed by atoms with Gasteiger partial charge in [0.1, 0.15) is 11.8 Å². The summed E-state index contributed by atoms with van der Waals surface area (Å²) in [7, 11) is 1.53. The maximum Gasteiger partial charge on any atom is 0.228 e. The molecule has 0 spiro atoms. The molecule has 2 aromatic carbocycles. The number of carbonyl (C=O) groups is 2. The number of nitrogens with zero attached hydrogens (tertiary/aromatic N) is 1.